The molecule has 0 saturated heterocycles. The van der Waals surface area contributed by atoms with E-state index in [2.05, 4.69) is 11.6 Å². The molecule has 0 spiro atoms. The Labute approximate surface area is 121 Å². The smallest absolute Gasteiger partial charge is 0.240 e. The van der Waals surface area contributed by atoms with E-state index >= 15 is 0 Å². The topological polar surface area (TPSA) is 66.4 Å². The van der Waals surface area contributed by atoms with E-state index in [1.54, 1.807) is 24.3 Å². The van der Waals surface area contributed by atoms with Crippen molar-refractivity contribution in [1.29, 1.82) is 0 Å². The summed E-state index contributed by atoms with van der Waals surface area (Å²) in [5.41, 5.74) is 0.110. The largest absolute Gasteiger partial charge is 0.389 e. The summed E-state index contributed by atoms with van der Waals surface area (Å²) in [6, 6.07) is 6.72. The van der Waals surface area contributed by atoms with Gasteiger partial charge in [-0.1, -0.05) is 37.5 Å². The first-order valence-electron chi connectivity index (χ1n) is 7.09. The number of sulfonamides is 1. The fourth-order valence-electron chi connectivity index (χ4n) is 2.82. The molecule has 4 nitrogen and oxygen atoms in total. The van der Waals surface area contributed by atoms with Gasteiger partial charge in [0.25, 0.3) is 0 Å². The highest BCUT2D eigenvalue weighted by atomic mass is 32.2. The van der Waals surface area contributed by atoms with Crippen LogP contribution in [0.2, 0.25) is 0 Å². The number of rotatable bonds is 4. The fraction of sp³-hybridized carbons (Fsp3) is 0.600. The number of hydrogen-bond acceptors (Lipinski definition) is 3. The van der Waals surface area contributed by atoms with E-state index in [9.17, 15) is 13.5 Å². The Bertz CT molecular complexity index is 553. The van der Waals surface area contributed by atoms with Crippen molar-refractivity contribution in [2.45, 2.75) is 50.0 Å². The highest BCUT2D eigenvalue weighted by molar-refractivity contribution is 7.89. The van der Waals surface area contributed by atoms with Gasteiger partial charge in [0.1, 0.15) is 0 Å². The molecule has 112 valence electrons. The van der Waals surface area contributed by atoms with Crippen LogP contribution in [-0.4, -0.2) is 25.7 Å². The zero-order valence-corrected chi connectivity index (χ0v) is 12.9. The van der Waals surface area contributed by atoms with Crippen molar-refractivity contribution in [3.63, 3.8) is 0 Å². The van der Waals surface area contributed by atoms with Crippen molar-refractivity contribution in [3.8, 4) is 0 Å². The highest BCUT2D eigenvalue weighted by Crippen LogP contribution is 2.31. The molecule has 1 aromatic rings. The minimum Gasteiger partial charge on any atom is -0.389 e. The molecule has 0 heterocycles. The van der Waals surface area contributed by atoms with E-state index < -0.39 is 15.6 Å². The van der Waals surface area contributed by atoms with E-state index in [0.717, 1.165) is 18.4 Å². The molecule has 0 bridgehead atoms. The van der Waals surface area contributed by atoms with E-state index in [0.29, 0.717) is 18.8 Å². The van der Waals surface area contributed by atoms with Crippen molar-refractivity contribution >= 4 is 10.0 Å². The van der Waals surface area contributed by atoms with Crippen LogP contribution in [0.5, 0.6) is 0 Å². The molecule has 1 fully saturated rings. The Morgan fingerprint density at radius 2 is 2.00 bits per heavy atom. The first kappa shape index (κ1) is 15.5. The summed E-state index contributed by atoms with van der Waals surface area (Å²) in [7, 11) is -3.54. The molecular formula is C15H23NO3S. The Kier molecular flexibility index (Phi) is 4.52. The second kappa shape index (κ2) is 5.84. The van der Waals surface area contributed by atoms with Gasteiger partial charge in [-0.25, -0.2) is 13.1 Å². The Balaban J connectivity index is 2.04. The van der Waals surface area contributed by atoms with Gasteiger partial charge in [-0.15, -0.1) is 0 Å². The van der Waals surface area contributed by atoms with E-state index in [1.165, 1.54) is 0 Å². The number of aliphatic hydroxyl groups is 1. The van der Waals surface area contributed by atoms with E-state index in [-0.39, 0.29) is 11.4 Å². The van der Waals surface area contributed by atoms with Crippen LogP contribution in [0.15, 0.2) is 29.2 Å². The third kappa shape index (κ3) is 3.81. The van der Waals surface area contributed by atoms with Crippen molar-refractivity contribution < 1.29 is 13.5 Å². The van der Waals surface area contributed by atoms with Gasteiger partial charge >= 0.3 is 0 Å². The molecule has 1 aromatic carbocycles. The number of aryl methyl sites for hydroxylation is 1. The average molecular weight is 297 g/mol. The van der Waals surface area contributed by atoms with E-state index in [1.807, 2.05) is 6.92 Å². The molecule has 2 rings (SSSR count). The molecule has 2 N–H and O–H groups in total. The molecule has 1 saturated carbocycles. The van der Waals surface area contributed by atoms with Gasteiger partial charge in [-0.05, 0) is 37.8 Å². The zero-order valence-electron chi connectivity index (χ0n) is 12.1. The van der Waals surface area contributed by atoms with Crippen molar-refractivity contribution in [2.75, 3.05) is 6.54 Å². The third-order valence-electron chi connectivity index (χ3n) is 3.99. The second-order valence-corrected chi connectivity index (χ2v) is 7.83. The normalized spacial score (nSPS) is 27.4. The Hall–Kier alpha value is -0.910. The van der Waals surface area contributed by atoms with E-state index in [4.69, 9.17) is 0 Å². The minimum atomic E-state index is -3.54. The van der Waals surface area contributed by atoms with Gasteiger partial charge in [0.2, 0.25) is 10.0 Å². The molecular weight excluding hydrogens is 274 g/mol. The van der Waals surface area contributed by atoms with Crippen molar-refractivity contribution in [1.82, 2.24) is 4.72 Å². The lowest BCUT2D eigenvalue weighted by Gasteiger charge is -2.35. The molecule has 2 atom stereocenters. The molecule has 0 amide bonds. The maximum Gasteiger partial charge on any atom is 0.240 e. The second-order valence-electron chi connectivity index (χ2n) is 6.06. The molecule has 20 heavy (non-hydrogen) atoms. The highest BCUT2D eigenvalue weighted by Gasteiger charge is 2.33. The van der Waals surface area contributed by atoms with Crippen LogP contribution in [0, 0.1) is 12.8 Å². The van der Waals surface area contributed by atoms with Crippen molar-refractivity contribution in [2.24, 2.45) is 5.92 Å². The van der Waals surface area contributed by atoms with Gasteiger partial charge in [-0.3, -0.25) is 0 Å². The molecule has 1 aliphatic rings. The minimum absolute atomic E-state index is 0.0908. The zero-order chi connectivity index (χ0) is 14.8. The standard InChI is InChI=1S/C15H23NO3S/c1-12-5-7-14(8-6-12)20(18,19)16-11-15(17)9-3-4-13(2)10-15/h5-8,13,16-17H,3-4,9-11H2,1-2H3. The fourth-order valence-corrected chi connectivity index (χ4v) is 3.94. The van der Waals surface area contributed by atoms with Gasteiger partial charge in [0.15, 0.2) is 0 Å². The van der Waals surface area contributed by atoms with Gasteiger partial charge < -0.3 is 5.11 Å². The summed E-state index contributed by atoms with van der Waals surface area (Å²) in [4.78, 5) is 0.246. The summed E-state index contributed by atoms with van der Waals surface area (Å²) in [5, 5.41) is 10.5. The molecule has 1 aliphatic carbocycles. The maximum absolute atomic E-state index is 12.2. The van der Waals surface area contributed by atoms with Crippen LogP contribution in [-0.2, 0) is 10.0 Å². The quantitative estimate of drug-likeness (QED) is 0.895. The van der Waals surface area contributed by atoms with Crippen LogP contribution < -0.4 is 4.72 Å². The third-order valence-corrected chi connectivity index (χ3v) is 5.41. The summed E-state index contributed by atoms with van der Waals surface area (Å²) >= 11 is 0. The van der Waals surface area contributed by atoms with Crippen LogP contribution >= 0.6 is 0 Å². The summed E-state index contributed by atoms with van der Waals surface area (Å²) in [6.45, 7) is 4.10. The van der Waals surface area contributed by atoms with Crippen LogP contribution in [0.4, 0.5) is 0 Å². The molecule has 2 unspecified atom stereocenters. The molecule has 0 aromatic heterocycles. The number of nitrogens with one attached hydrogen (secondary N) is 1. The average Bonchev–Trinajstić information content (AvgIpc) is 2.37. The summed E-state index contributed by atoms with van der Waals surface area (Å²) < 4.78 is 26.9. The van der Waals surface area contributed by atoms with Gasteiger partial charge in [0.05, 0.1) is 10.5 Å². The molecule has 0 aliphatic heterocycles. The van der Waals surface area contributed by atoms with Crippen LogP contribution in [0.25, 0.3) is 0 Å². The summed E-state index contributed by atoms with van der Waals surface area (Å²) in [5.74, 6) is 0.442. The number of benzene rings is 1. The predicted octanol–water partition coefficient (Wildman–Crippen LogP) is 2.21. The van der Waals surface area contributed by atoms with Gasteiger partial charge in [-0.2, -0.15) is 0 Å². The molecule has 0 radical (unpaired) electrons. The first-order valence-corrected chi connectivity index (χ1v) is 8.58. The number of hydrogen-bond donors (Lipinski definition) is 2. The van der Waals surface area contributed by atoms with Crippen molar-refractivity contribution in [3.05, 3.63) is 29.8 Å². The first-order chi connectivity index (χ1) is 9.31. The lowest BCUT2D eigenvalue weighted by Crippen LogP contribution is -2.45. The SMILES string of the molecule is Cc1ccc(S(=O)(=O)NCC2(O)CCCC(C)C2)cc1. The Morgan fingerprint density at radius 1 is 1.35 bits per heavy atom. The summed E-state index contributed by atoms with van der Waals surface area (Å²) in [6.07, 6.45) is 3.37. The predicted molar refractivity (Wildman–Crippen MR) is 78.9 cm³/mol. The van der Waals surface area contributed by atoms with Crippen LogP contribution in [0.3, 0.4) is 0 Å². The lowest BCUT2D eigenvalue weighted by molar-refractivity contribution is -0.00751. The monoisotopic (exact) mass is 297 g/mol. The van der Waals surface area contributed by atoms with Crippen LogP contribution in [0.1, 0.15) is 38.2 Å². The van der Waals surface area contributed by atoms with Gasteiger partial charge in [0, 0.05) is 6.54 Å². The molecule has 5 heteroatoms. The lowest BCUT2D eigenvalue weighted by atomic mass is 9.79. The Morgan fingerprint density at radius 3 is 2.60 bits per heavy atom. The maximum atomic E-state index is 12.2.